The van der Waals surface area contributed by atoms with E-state index in [1.165, 1.54) is 6.33 Å². The number of nitrogens with two attached hydrogens (primary N) is 1. The predicted octanol–water partition coefficient (Wildman–Crippen LogP) is -0.358. The fourth-order valence-electron chi connectivity index (χ4n) is 3.26. The van der Waals surface area contributed by atoms with Gasteiger partial charge in [0.25, 0.3) is 10.2 Å². The second-order valence-electron chi connectivity index (χ2n) is 6.51. The van der Waals surface area contributed by atoms with Crippen molar-refractivity contribution >= 4 is 44.0 Å². The van der Waals surface area contributed by atoms with Gasteiger partial charge in [0, 0.05) is 6.54 Å². The van der Waals surface area contributed by atoms with Crippen LogP contribution in [0.5, 0.6) is 0 Å². The third kappa shape index (κ3) is 3.32. The van der Waals surface area contributed by atoms with Gasteiger partial charge < -0.3 is 14.2 Å². The predicted molar refractivity (Wildman–Crippen MR) is 96.9 cm³/mol. The monoisotopic (exact) mass is 496 g/mol. The summed E-state index contributed by atoms with van der Waals surface area (Å²) in [6.45, 7) is 3.56. The molecule has 13 heteroatoms. The molecule has 0 saturated carbocycles. The smallest absolute Gasteiger partial charge is 0.274 e. The lowest BCUT2D eigenvalue weighted by molar-refractivity contribution is -0.195. The molecule has 2 aromatic rings. The van der Waals surface area contributed by atoms with E-state index in [4.69, 9.17) is 19.3 Å². The largest absolute Gasteiger partial charge is 0.348 e. The molecule has 3 N–H and O–H groups in total. The van der Waals surface area contributed by atoms with Crippen molar-refractivity contribution in [1.29, 1.82) is 0 Å². The normalized spacial score (nSPS) is 30.8. The van der Waals surface area contributed by atoms with E-state index in [0.29, 0.717) is 11.2 Å². The standard InChI is InChI=1S/C13H17IN6O5S/c1-13(2)24-8-6(3-19-26(15,21)22)23-12(9(8)25-13)20-5-18-7-10(14)16-4-17-11(7)20/h4-6,8-9,12,19H,3H2,1-2H3,(H2,15,21,22)/t6-,8?,9-,12-/m1/s1. The number of halogens is 1. The Labute approximate surface area is 162 Å². The van der Waals surface area contributed by atoms with E-state index in [9.17, 15) is 8.42 Å². The van der Waals surface area contributed by atoms with Crippen LogP contribution in [-0.4, -0.2) is 58.6 Å². The van der Waals surface area contributed by atoms with Crippen molar-refractivity contribution in [3.63, 3.8) is 0 Å². The van der Waals surface area contributed by atoms with Gasteiger partial charge in [0.2, 0.25) is 0 Å². The summed E-state index contributed by atoms with van der Waals surface area (Å²) in [4.78, 5) is 12.8. The molecule has 26 heavy (non-hydrogen) atoms. The van der Waals surface area contributed by atoms with Crippen molar-refractivity contribution in [1.82, 2.24) is 24.2 Å². The Kier molecular flexibility index (Phi) is 4.45. The van der Waals surface area contributed by atoms with E-state index in [1.807, 2.05) is 0 Å². The number of fused-ring (bicyclic) bond motifs is 2. The van der Waals surface area contributed by atoms with Crippen LogP contribution in [-0.2, 0) is 24.4 Å². The Bertz CT molecular complexity index is 950. The minimum absolute atomic E-state index is 0.0327. The molecule has 0 bridgehead atoms. The second-order valence-corrected chi connectivity index (χ2v) is 8.91. The van der Waals surface area contributed by atoms with E-state index in [2.05, 4.69) is 42.3 Å². The van der Waals surface area contributed by atoms with Crippen LogP contribution in [0.15, 0.2) is 12.7 Å². The maximum absolute atomic E-state index is 11.2. The number of hydrogen-bond donors (Lipinski definition) is 2. The van der Waals surface area contributed by atoms with Gasteiger partial charge >= 0.3 is 0 Å². The van der Waals surface area contributed by atoms with Gasteiger partial charge in [-0.3, -0.25) is 4.57 Å². The molecule has 0 spiro atoms. The highest BCUT2D eigenvalue weighted by molar-refractivity contribution is 14.1. The first-order valence-corrected chi connectivity index (χ1v) is 10.4. The topological polar surface area (TPSA) is 143 Å². The van der Waals surface area contributed by atoms with Gasteiger partial charge in [0.05, 0.1) is 6.33 Å². The molecular weight excluding hydrogens is 479 g/mol. The summed E-state index contributed by atoms with van der Waals surface area (Å²) in [5, 5.41) is 5.02. The molecule has 2 aromatic heterocycles. The number of aromatic nitrogens is 4. The summed E-state index contributed by atoms with van der Waals surface area (Å²) in [5.74, 6) is -0.822. The lowest BCUT2D eigenvalue weighted by Gasteiger charge is -2.24. The summed E-state index contributed by atoms with van der Waals surface area (Å²) in [6, 6.07) is 0. The number of nitrogens with zero attached hydrogens (tertiary/aromatic N) is 4. The Morgan fingerprint density at radius 1 is 1.31 bits per heavy atom. The quantitative estimate of drug-likeness (QED) is 0.432. The fourth-order valence-corrected chi connectivity index (χ4v) is 4.16. The summed E-state index contributed by atoms with van der Waals surface area (Å²) in [6.07, 6.45) is 0.969. The highest BCUT2D eigenvalue weighted by Gasteiger charge is 2.56. The van der Waals surface area contributed by atoms with Crippen molar-refractivity contribution < 1.29 is 22.6 Å². The fraction of sp³-hybridized carbons (Fsp3) is 0.615. The molecule has 4 heterocycles. The van der Waals surface area contributed by atoms with Crippen LogP contribution in [0.2, 0.25) is 0 Å². The Morgan fingerprint density at radius 2 is 2.04 bits per heavy atom. The number of ether oxygens (including phenoxy) is 3. The summed E-state index contributed by atoms with van der Waals surface area (Å²) >= 11 is 2.08. The molecular formula is C13H17IN6O5S. The molecule has 0 radical (unpaired) electrons. The third-order valence-corrected chi connectivity index (χ3v) is 5.56. The number of nitrogens with one attached hydrogen (secondary N) is 1. The van der Waals surface area contributed by atoms with Crippen LogP contribution >= 0.6 is 22.6 Å². The maximum atomic E-state index is 11.2. The molecule has 0 amide bonds. The van der Waals surface area contributed by atoms with E-state index < -0.39 is 40.5 Å². The molecule has 142 valence electrons. The molecule has 2 aliphatic rings. The average molecular weight is 496 g/mol. The van der Waals surface area contributed by atoms with Gasteiger partial charge in [-0.05, 0) is 36.4 Å². The zero-order valence-corrected chi connectivity index (χ0v) is 16.8. The summed E-state index contributed by atoms with van der Waals surface area (Å²) in [7, 11) is -3.85. The average Bonchev–Trinajstić information content (AvgIpc) is 3.16. The van der Waals surface area contributed by atoms with E-state index in [0.717, 1.165) is 3.70 Å². The van der Waals surface area contributed by atoms with Crippen LogP contribution in [0.1, 0.15) is 20.1 Å². The van der Waals surface area contributed by atoms with Crippen LogP contribution in [0.3, 0.4) is 0 Å². The van der Waals surface area contributed by atoms with Gasteiger partial charge in [0.15, 0.2) is 17.7 Å². The number of rotatable bonds is 4. The minimum Gasteiger partial charge on any atom is -0.348 e. The number of hydrogen-bond acceptors (Lipinski definition) is 8. The first-order valence-electron chi connectivity index (χ1n) is 7.76. The lowest BCUT2D eigenvalue weighted by atomic mass is 10.1. The van der Waals surface area contributed by atoms with Crippen LogP contribution < -0.4 is 9.86 Å². The first kappa shape index (κ1) is 18.4. The molecule has 2 saturated heterocycles. The van der Waals surface area contributed by atoms with Gasteiger partial charge in [-0.1, -0.05) is 0 Å². The molecule has 4 rings (SSSR count). The van der Waals surface area contributed by atoms with Crippen LogP contribution in [0.4, 0.5) is 0 Å². The van der Waals surface area contributed by atoms with E-state index in [-0.39, 0.29) is 6.54 Å². The minimum atomic E-state index is -3.85. The molecule has 0 aromatic carbocycles. The number of imidazole rings is 1. The molecule has 1 unspecified atom stereocenters. The second kappa shape index (κ2) is 6.29. The van der Waals surface area contributed by atoms with Crippen LogP contribution in [0, 0.1) is 3.70 Å². The zero-order valence-electron chi connectivity index (χ0n) is 13.9. The van der Waals surface area contributed by atoms with Crippen molar-refractivity contribution in [3.05, 3.63) is 16.4 Å². The SMILES string of the molecule is CC1(C)OC2[C@@H](O1)[C@H](n1cnc3c(I)ncnc31)O[C@@H]2CNS(N)(=O)=O. The summed E-state index contributed by atoms with van der Waals surface area (Å²) in [5.41, 5.74) is 1.25. The molecule has 2 aliphatic heterocycles. The highest BCUT2D eigenvalue weighted by atomic mass is 127. The Morgan fingerprint density at radius 3 is 2.77 bits per heavy atom. The molecule has 2 fully saturated rings. The van der Waals surface area contributed by atoms with E-state index >= 15 is 0 Å². The Balaban J connectivity index is 1.68. The van der Waals surface area contributed by atoms with Crippen LogP contribution in [0.25, 0.3) is 11.2 Å². The molecule has 11 nitrogen and oxygen atoms in total. The van der Waals surface area contributed by atoms with E-state index in [1.54, 1.807) is 24.7 Å². The molecule has 4 atom stereocenters. The Hall–Kier alpha value is -0.970. The van der Waals surface area contributed by atoms with Crippen molar-refractivity contribution in [2.24, 2.45) is 5.14 Å². The maximum Gasteiger partial charge on any atom is 0.274 e. The lowest BCUT2D eigenvalue weighted by Crippen LogP contribution is -2.42. The van der Waals surface area contributed by atoms with Gasteiger partial charge in [0.1, 0.15) is 33.9 Å². The van der Waals surface area contributed by atoms with Crippen molar-refractivity contribution in [2.75, 3.05) is 6.54 Å². The molecule has 0 aliphatic carbocycles. The van der Waals surface area contributed by atoms with Gasteiger partial charge in [-0.2, -0.15) is 13.1 Å². The zero-order chi connectivity index (χ0) is 18.7. The summed E-state index contributed by atoms with van der Waals surface area (Å²) < 4.78 is 45.2. The van der Waals surface area contributed by atoms with Crippen molar-refractivity contribution in [3.8, 4) is 0 Å². The highest BCUT2D eigenvalue weighted by Crippen LogP contribution is 2.43. The van der Waals surface area contributed by atoms with Gasteiger partial charge in [-0.25, -0.2) is 20.1 Å². The third-order valence-electron chi connectivity index (χ3n) is 4.20. The van der Waals surface area contributed by atoms with Gasteiger partial charge in [-0.15, -0.1) is 0 Å². The van der Waals surface area contributed by atoms with Crippen molar-refractivity contribution in [2.45, 2.75) is 44.2 Å². The first-order chi connectivity index (χ1) is 12.1.